The summed E-state index contributed by atoms with van der Waals surface area (Å²) in [7, 11) is 1.26. The fourth-order valence-corrected chi connectivity index (χ4v) is 1.21. The zero-order valence-corrected chi connectivity index (χ0v) is 11.5. The minimum absolute atomic E-state index is 0.106. The second-order valence-corrected chi connectivity index (χ2v) is 4.80. The van der Waals surface area contributed by atoms with Gasteiger partial charge in [-0.1, -0.05) is 0 Å². The normalized spacial score (nSPS) is 10.9. The maximum Gasteiger partial charge on any atom is 0.407 e. The topological polar surface area (TPSA) is 90.7 Å². The van der Waals surface area contributed by atoms with E-state index in [0.717, 1.165) is 0 Å². The first kappa shape index (κ1) is 15.0. The van der Waals surface area contributed by atoms with Crippen molar-refractivity contribution in [2.24, 2.45) is 0 Å². The summed E-state index contributed by atoms with van der Waals surface area (Å²) in [6, 6.07) is 0. The van der Waals surface area contributed by atoms with Crippen LogP contribution >= 0.6 is 0 Å². The fourth-order valence-electron chi connectivity index (χ4n) is 1.21. The van der Waals surface area contributed by atoms with Crippen molar-refractivity contribution in [3.63, 3.8) is 0 Å². The monoisotopic (exact) mass is 270 g/mol. The molecule has 0 atom stereocenters. The third-order valence-electron chi connectivity index (χ3n) is 1.95. The molecule has 0 spiro atoms. The van der Waals surface area contributed by atoms with Gasteiger partial charge >= 0.3 is 12.1 Å². The van der Waals surface area contributed by atoms with Gasteiger partial charge in [0.2, 0.25) is 0 Å². The summed E-state index contributed by atoms with van der Waals surface area (Å²) < 4.78 is 14.6. The number of carbonyl (C=O) groups is 2. The smallest absolute Gasteiger partial charge is 0.407 e. The average molecular weight is 270 g/mol. The van der Waals surface area contributed by atoms with Gasteiger partial charge in [-0.05, 0) is 20.8 Å². The summed E-state index contributed by atoms with van der Waals surface area (Å²) in [6.45, 7) is 5.64. The number of nitrogens with zero attached hydrogens (tertiary/aromatic N) is 1. The molecule has 1 amide bonds. The van der Waals surface area contributed by atoms with Crippen LogP contribution in [0.4, 0.5) is 4.79 Å². The van der Waals surface area contributed by atoms with Gasteiger partial charge in [0.1, 0.15) is 11.9 Å². The first-order chi connectivity index (χ1) is 8.81. The third kappa shape index (κ3) is 5.41. The molecular weight excluding hydrogens is 252 g/mol. The van der Waals surface area contributed by atoms with Crippen molar-refractivity contribution in [1.82, 2.24) is 10.3 Å². The highest BCUT2D eigenvalue weighted by molar-refractivity contribution is 5.86. The predicted molar refractivity (Wildman–Crippen MR) is 65.8 cm³/mol. The molecule has 19 heavy (non-hydrogen) atoms. The van der Waals surface area contributed by atoms with E-state index in [1.165, 1.54) is 13.4 Å². The fraction of sp³-hybridized carbons (Fsp3) is 0.583. The van der Waals surface area contributed by atoms with E-state index >= 15 is 0 Å². The number of amides is 1. The molecule has 7 nitrogen and oxygen atoms in total. The number of aromatic nitrogens is 1. The van der Waals surface area contributed by atoms with Crippen LogP contribution in [0.5, 0.6) is 0 Å². The maximum atomic E-state index is 11.4. The van der Waals surface area contributed by atoms with E-state index in [-0.39, 0.29) is 5.69 Å². The lowest BCUT2D eigenvalue weighted by Crippen LogP contribution is -2.33. The Labute approximate surface area is 111 Å². The molecule has 0 fully saturated rings. The van der Waals surface area contributed by atoms with Crippen LogP contribution < -0.4 is 5.32 Å². The van der Waals surface area contributed by atoms with Crippen molar-refractivity contribution >= 4 is 12.1 Å². The summed E-state index contributed by atoms with van der Waals surface area (Å²) in [4.78, 5) is 26.4. The average Bonchev–Trinajstić information content (AvgIpc) is 2.74. The van der Waals surface area contributed by atoms with Crippen molar-refractivity contribution in [3.8, 4) is 0 Å². The standard InChI is InChI=1S/C12H18N2O5/c1-12(2,3)19-11(16)13-6-5-9-14-8(7-18-9)10(15)17-4/h7H,5-6H2,1-4H3,(H,13,16). The van der Waals surface area contributed by atoms with Gasteiger partial charge in [-0.15, -0.1) is 0 Å². The highest BCUT2D eigenvalue weighted by Crippen LogP contribution is 2.07. The predicted octanol–water partition coefficient (Wildman–Crippen LogP) is 1.53. The van der Waals surface area contributed by atoms with E-state index < -0.39 is 17.7 Å². The van der Waals surface area contributed by atoms with E-state index in [1.807, 2.05) is 0 Å². The number of rotatable bonds is 4. The Morgan fingerprint density at radius 3 is 2.68 bits per heavy atom. The Morgan fingerprint density at radius 2 is 2.11 bits per heavy atom. The molecule has 1 rings (SSSR count). The highest BCUT2D eigenvalue weighted by atomic mass is 16.6. The Kier molecular flexibility index (Phi) is 4.91. The lowest BCUT2D eigenvalue weighted by molar-refractivity contribution is 0.0526. The zero-order chi connectivity index (χ0) is 14.5. The second kappa shape index (κ2) is 6.21. The van der Waals surface area contributed by atoms with Crippen molar-refractivity contribution in [2.75, 3.05) is 13.7 Å². The van der Waals surface area contributed by atoms with Crippen LogP contribution in [0.3, 0.4) is 0 Å². The number of alkyl carbamates (subject to hydrolysis) is 1. The molecule has 106 valence electrons. The van der Waals surface area contributed by atoms with E-state index in [9.17, 15) is 9.59 Å². The van der Waals surface area contributed by atoms with Gasteiger partial charge in [-0.3, -0.25) is 0 Å². The van der Waals surface area contributed by atoms with E-state index in [0.29, 0.717) is 18.9 Å². The Bertz CT molecular complexity index is 447. The molecular formula is C12H18N2O5. The van der Waals surface area contributed by atoms with Gasteiger partial charge in [-0.25, -0.2) is 14.6 Å². The number of methoxy groups -OCH3 is 1. The number of ether oxygens (including phenoxy) is 2. The number of oxazole rings is 1. The van der Waals surface area contributed by atoms with Gasteiger partial charge in [-0.2, -0.15) is 0 Å². The molecule has 0 aliphatic rings. The van der Waals surface area contributed by atoms with Gasteiger partial charge < -0.3 is 19.2 Å². The SMILES string of the molecule is COC(=O)c1coc(CCNC(=O)OC(C)(C)C)n1. The van der Waals surface area contributed by atoms with Crippen LogP contribution in [0.25, 0.3) is 0 Å². The minimum atomic E-state index is -0.560. The van der Waals surface area contributed by atoms with Crippen molar-refractivity contribution in [2.45, 2.75) is 32.8 Å². The third-order valence-corrected chi connectivity index (χ3v) is 1.95. The number of nitrogens with one attached hydrogen (secondary N) is 1. The van der Waals surface area contributed by atoms with Crippen molar-refractivity contribution in [3.05, 3.63) is 17.8 Å². The molecule has 0 saturated carbocycles. The van der Waals surface area contributed by atoms with Crippen LogP contribution in [0.1, 0.15) is 37.2 Å². The van der Waals surface area contributed by atoms with E-state index in [2.05, 4.69) is 15.0 Å². The Hall–Kier alpha value is -2.05. The Balaban J connectivity index is 2.35. The van der Waals surface area contributed by atoms with Crippen molar-refractivity contribution in [1.29, 1.82) is 0 Å². The molecule has 0 unspecified atom stereocenters. The summed E-state index contributed by atoms with van der Waals surface area (Å²) in [5.74, 6) is -0.216. The van der Waals surface area contributed by atoms with E-state index in [1.54, 1.807) is 20.8 Å². The molecule has 7 heteroatoms. The first-order valence-corrected chi connectivity index (χ1v) is 5.81. The molecule has 0 radical (unpaired) electrons. The molecule has 0 aliphatic heterocycles. The molecule has 0 bridgehead atoms. The molecule has 1 aromatic heterocycles. The quantitative estimate of drug-likeness (QED) is 0.834. The first-order valence-electron chi connectivity index (χ1n) is 5.81. The molecule has 1 heterocycles. The van der Waals surface area contributed by atoms with Crippen molar-refractivity contribution < 1.29 is 23.5 Å². The van der Waals surface area contributed by atoms with Gasteiger partial charge in [0.25, 0.3) is 0 Å². The highest BCUT2D eigenvalue weighted by Gasteiger charge is 2.16. The van der Waals surface area contributed by atoms with Crippen LogP contribution in [-0.4, -0.2) is 36.3 Å². The maximum absolute atomic E-state index is 11.4. The lowest BCUT2D eigenvalue weighted by Gasteiger charge is -2.19. The summed E-state index contributed by atoms with van der Waals surface area (Å²) in [5.41, 5.74) is -0.430. The Morgan fingerprint density at radius 1 is 1.42 bits per heavy atom. The van der Waals surface area contributed by atoms with Gasteiger partial charge in [0.15, 0.2) is 11.6 Å². The summed E-state index contributed by atoms with van der Waals surface area (Å²) in [6.07, 6.45) is 1.07. The van der Waals surface area contributed by atoms with Gasteiger partial charge in [0, 0.05) is 13.0 Å². The molecule has 0 saturated heterocycles. The number of carbonyl (C=O) groups excluding carboxylic acids is 2. The van der Waals surface area contributed by atoms with E-state index in [4.69, 9.17) is 9.15 Å². The molecule has 1 N–H and O–H groups in total. The number of esters is 1. The lowest BCUT2D eigenvalue weighted by atomic mass is 10.2. The molecule has 0 aliphatic carbocycles. The number of hydrogen-bond acceptors (Lipinski definition) is 6. The second-order valence-electron chi connectivity index (χ2n) is 4.80. The minimum Gasteiger partial charge on any atom is -0.464 e. The van der Waals surface area contributed by atoms with Crippen LogP contribution in [0.2, 0.25) is 0 Å². The molecule has 1 aromatic rings. The van der Waals surface area contributed by atoms with Crippen LogP contribution in [0.15, 0.2) is 10.7 Å². The summed E-state index contributed by atoms with van der Waals surface area (Å²) >= 11 is 0. The summed E-state index contributed by atoms with van der Waals surface area (Å²) in [5, 5.41) is 2.56. The van der Waals surface area contributed by atoms with Gasteiger partial charge in [0.05, 0.1) is 7.11 Å². The number of hydrogen-bond donors (Lipinski definition) is 1. The zero-order valence-electron chi connectivity index (χ0n) is 11.5. The largest absolute Gasteiger partial charge is 0.464 e. The van der Waals surface area contributed by atoms with Crippen LogP contribution in [-0.2, 0) is 15.9 Å². The molecule has 0 aromatic carbocycles. The van der Waals surface area contributed by atoms with Crippen LogP contribution in [0, 0.1) is 0 Å².